The summed E-state index contributed by atoms with van der Waals surface area (Å²) in [6.07, 6.45) is 3.73. The van der Waals surface area contributed by atoms with Crippen LogP contribution in [0.3, 0.4) is 0 Å². The van der Waals surface area contributed by atoms with Crippen molar-refractivity contribution in [1.29, 1.82) is 0 Å². The number of esters is 1. The Bertz CT molecular complexity index is 211. The summed E-state index contributed by atoms with van der Waals surface area (Å²) in [6.45, 7) is 4.03. The molecule has 0 spiro atoms. The summed E-state index contributed by atoms with van der Waals surface area (Å²) in [5.41, 5.74) is 1.38. The third-order valence-electron chi connectivity index (χ3n) is 2.43. The number of ether oxygens (including phenoxy) is 1. The smallest absolute Gasteiger partial charge is 0.306 e. The highest BCUT2D eigenvalue weighted by molar-refractivity contribution is 5.69. The van der Waals surface area contributed by atoms with Crippen LogP contribution in [-0.2, 0) is 9.53 Å². The lowest BCUT2D eigenvalue weighted by Gasteiger charge is -2.19. The second-order valence-electron chi connectivity index (χ2n) is 3.41. The molecule has 0 saturated carbocycles. The van der Waals surface area contributed by atoms with Crippen LogP contribution in [0.25, 0.3) is 0 Å². The fourth-order valence-electron chi connectivity index (χ4n) is 1.55. The van der Waals surface area contributed by atoms with Crippen molar-refractivity contribution in [3.05, 3.63) is 11.6 Å². The zero-order chi connectivity index (χ0) is 9.68. The molecule has 74 valence electrons. The highest BCUT2D eigenvalue weighted by Gasteiger charge is 2.14. The molecule has 3 nitrogen and oxygen atoms in total. The van der Waals surface area contributed by atoms with E-state index >= 15 is 0 Å². The van der Waals surface area contributed by atoms with Gasteiger partial charge < -0.3 is 10.1 Å². The van der Waals surface area contributed by atoms with Crippen LogP contribution in [0.15, 0.2) is 11.6 Å². The van der Waals surface area contributed by atoms with E-state index in [1.165, 1.54) is 12.7 Å². The van der Waals surface area contributed by atoms with Crippen LogP contribution in [0.2, 0.25) is 0 Å². The SMILES string of the molecule is COC(=O)CC(C)C1=CCNCC1. The van der Waals surface area contributed by atoms with Crippen molar-refractivity contribution in [3.63, 3.8) is 0 Å². The fourth-order valence-corrected chi connectivity index (χ4v) is 1.55. The van der Waals surface area contributed by atoms with E-state index < -0.39 is 0 Å². The van der Waals surface area contributed by atoms with Gasteiger partial charge in [0.25, 0.3) is 0 Å². The van der Waals surface area contributed by atoms with E-state index in [4.69, 9.17) is 0 Å². The van der Waals surface area contributed by atoms with Gasteiger partial charge in [-0.15, -0.1) is 0 Å². The van der Waals surface area contributed by atoms with Crippen molar-refractivity contribution >= 4 is 5.97 Å². The van der Waals surface area contributed by atoms with Crippen molar-refractivity contribution in [2.75, 3.05) is 20.2 Å². The third-order valence-corrected chi connectivity index (χ3v) is 2.43. The molecule has 1 N–H and O–H groups in total. The van der Waals surface area contributed by atoms with Gasteiger partial charge in [0.15, 0.2) is 0 Å². The van der Waals surface area contributed by atoms with E-state index in [0.29, 0.717) is 12.3 Å². The lowest BCUT2D eigenvalue weighted by atomic mass is 9.93. The van der Waals surface area contributed by atoms with Crippen LogP contribution in [0.5, 0.6) is 0 Å². The number of carbonyl (C=O) groups excluding carboxylic acids is 1. The largest absolute Gasteiger partial charge is 0.469 e. The number of nitrogens with one attached hydrogen (secondary N) is 1. The first kappa shape index (κ1) is 10.3. The summed E-state index contributed by atoms with van der Waals surface area (Å²) in [7, 11) is 1.44. The number of rotatable bonds is 3. The molecule has 1 unspecified atom stereocenters. The van der Waals surface area contributed by atoms with Crippen molar-refractivity contribution in [3.8, 4) is 0 Å². The lowest BCUT2D eigenvalue weighted by Crippen LogP contribution is -2.23. The van der Waals surface area contributed by atoms with Crippen molar-refractivity contribution < 1.29 is 9.53 Å². The molecule has 0 saturated heterocycles. The van der Waals surface area contributed by atoms with Crippen LogP contribution in [-0.4, -0.2) is 26.2 Å². The molecule has 0 aromatic rings. The number of hydrogen-bond acceptors (Lipinski definition) is 3. The van der Waals surface area contributed by atoms with Gasteiger partial charge in [-0.1, -0.05) is 18.6 Å². The average molecular weight is 183 g/mol. The Labute approximate surface area is 79.2 Å². The van der Waals surface area contributed by atoms with Gasteiger partial charge in [0, 0.05) is 6.54 Å². The monoisotopic (exact) mass is 183 g/mol. The first-order valence-corrected chi connectivity index (χ1v) is 4.70. The molecule has 0 fully saturated rings. The van der Waals surface area contributed by atoms with Gasteiger partial charge in [0.2, 0.25) is 0 Å². The Balaban J connectivity index is 2.41. The fraction of sp³-hybridized carbons (Fsp3) is 0.700. The summed E-state index contributed by atoms with van der Waals surface area (Å²) >= 11 is 0. The molecule has 1 aliphatic rings. The maximum Gasteiger partial charge on any atom is 0.306 e. The van der Waals surface area contributed by atoms with E-state index in [9.17, 15) is 4.79 Å². The molecule has 0 amide bonds. The summed E-state index contributed by atoms with van der Waals surface area (Å²) in [6, 6.07) is 0. The minimum absolute atomic E-state index is 0.119. The molecule has 0 bridgehead atoms. The minimum Gasteiger partial charge on any atom is -0.469 e. The van der Waals surface area contributed by atoms with Crippen LogP contribution >= 0.6 is 0 Å². The molecule has 0 aromatic heterocycles. The van der Waals surface area contributed by atoms with E-state index in [2.05, 4.69) is 23.1 Å². The maximum atomic E-state index is 11.0. The molecule has 0 radical (unpaired) electrons. The van der Waals surface area contributed by atoms with E-state index in [0.717, 1.165) is 19.5 Å². The molecule has 1 atom stereocenters. The van der Waals surface area contributed by atoms with Gasteiger partial charge in [0.05, 0.1) is 13.5 Å². The number of hydrogen-bond donors (Lipinski definition) is 1. The maximum absolute atomic E-state index is 11.0. The number of carbonyl (C=O) groups is 1. The lowest BCUT2D eigenvalue weighted by molar-refractivity contribution is -0.141. The Morgan fingerprint density at radius 3 is 3.08 bits per heavy atom. The molecule has 13 heavy (non-hydrogen) atoms. The quantitative estimate of drug-likeness (QED) is 0.526. The molecule has 0 aromatic carbocycles. The van der Waals surface area contributed by atoms with Crippen LogP contribution in [0.1, 0.15) is 19.8 Å². The second-order valence-corrected chi connectivity index (χ2v) is 3.41. The van der Waals surface area contributed by atoms with Gasteiger partial charge in [-0.05, 0) is 18.9 Å². The Morgan fingerprint density at radius 2 is 2.54 bits per heavy atom. The highest BCUT2D eigenvalue weighted by Crippen LogP contribution is 2.19. The summed E-state index contributed by atoms with van der Waals surface area (Å²) in [5, 5.41) is 3.24. The van der Waals surface area contributed by atoms with E-state index in [1.54, 1.807) is 0 Å². The van der Waals surface area contributed by atoms with Crippen molar-refractivity contribution in [2.45, 2.75) is 19.8 Å². The molecule has 1 heterocycles. The minimum atomic E-state index is -0.119. The Morgan fingerprint density at radius 1 is 1.77 bits per heavy atom. The molecule has 0 aliphatic carbocycles. The van der Waals surface area contributed by atoms with Gasteiger partial charge >= 0.3 is 5.97 Å². The summed E-state index contributed by atoms with van der Waals surface area (Å²) in [5.74, 6) is 0.210. The topological polar surface area (TPSA) is 38.3 Å². The predicted octanol–water partition coefficient (Wildman–Crippen LogP) is 1.11. The zero-order valence-electron chi connectivity index (χ0n) is 8.30. The second kappa shape index (κ2) is 5.02. The Kier molecular flexibility index (Phi) is 3.96. The molecule has 1 aliphatic heterocycles. The van der Waals surface area contributed by atoms with Gasteiger partial charge in [-0.25, -0.2) is 0 Å². The molecular weight excluding hydrogens is 166 g/mol. The summed E-state index contributed by atoms with van der Waals surface area (Å²) < 4.78 is 4.63. The Hall–Kier alpha value is -0.830. The van der Waals surface area contributed by atoms with Crippen LogP contribution in [0.4, 0.5) is 0 Å². The van der Waals surface area contributed by atoms with Gasteiger partial charge in [-0.3, -0.25) is 4.79 Å². The normalized spacial score (nSPS) is 19.1. The summed E-state index contributed by atoms with van der Waals surface area (Å²) in [4.78, 5) is 11.0. The third kappa shape index (κ3) is 3.19. The van der Waals surface area contributed by atoms with Crippen molar-refractivity contribution in [2.24, 2.45) is 5.92 Å². The predicted molar refractivity (Wildman–Crippen MR) is 51.4 cm³/mol. The first-order valence-electron chi connectivity index (χ1n) is 4.70. The van der Waals surface area contributed by atoms with Crippen LogP contribution in [0, 0.1) is 5.92 Å². The molecular formula is C10H17NO2. The van der Waals surface area contributed by atoms with Crippen LogP contribution < -0.4 is 5.32 Å². The van der Waals surface area contributed by atoms with Gasteiger partial charge in [0.1, 0.15) is 0 Å². The molecule has 3 heteroatoms. The van der Waals surface area contributed by atoms with Crippen molar-refractivity contribution in [1.82, 2.24) is 5.32 Å². The average Bonchev–Trinajstić information content (AvgIpc) is 2.19. The van der Waals surface area contributed by atoms with E-state index in [-0.39, 0.29) is 5.97 Å². The highest BCUT2D eigenvalue weighted by atomic mass is 16.5. The number of methoxy groups -OCH3 is 1. The van der Waals surface area contributed by atoms with Gasteiger partial charge in [-0.2, -0.15) is 0 Å². The molecule has 1 rings (SSSR count). The van der Waals surface area contributed by atoms with E-state index in [1.807, 2.05) is 0 Å². The zero-order valence-corrected chi connectivity index (χ0v) is 8.30. The standard InChI is InChI=1S/C10H17NO2/c1-8(7-10(12)13-2)9-3-5-11-6-4-9/h3,8,11H,4-7H2,1-2H3. The first-order chi connectivity index (χ1) is 6.24.